The van der Waals surface area contributed by atoms with E-state index in [-0.39, 0.29) is 0 Å². The average Bonchev–Trinajstić information content (AvgIpc) is 3.78. The Kier molecular flexibility index (Phi) is 6.39. The van der Waals surface area contributed by atoms with E-state index in [9.17, 15) is 0 Å². The molecule has 0 aliphatic rings. The van der Waals surface area contributed by atoms with Crippen molar-refractivity contribution in [1.82, 2.24) is 19.9 Å². The molecule has 0 saturated carbocycles. The van der Waals surface area contributed by atoms with Gasteiger partial charge in [-0.2, -0.15) is 0 Å². The molecule has 0 radical (unpaired) electrons. The van der Waals surface area contributed by atoms with Crippen LogP contribution in [-0.2, 0) is 0 Å². The third-order valence-corrected chi connectivity index (χ3v) is 9.18. The highest BCUT2D eigenvalue weighted by atomic mass is 16.4. The Labute approximate surface area is 286 Å². The van der Waals surface area contributed by atoms with Gasteiger partial charge in [-0.25, -0.2) is 19.9 Å². The summed E-state index contributed by atoms with van der Waals surface area (Å²) in [6.07, 6.45) is 0. The summed E-state index contributed by atoms with van der Waals surface area (Å²) in [4.78, 5) is 19.8. The molecule has 0 atom stereocenters. The number of nitrogens with zero attached hydrogens (tertiary/aromatic N) is 4. The van der Waals surface area contributed by atoms with E-state index in [1.54, 1.807) is 0 Å². The molecule has 3 aromatic heterocycles. The van der Waals surface area contributed by atoms with Gasteiger partial charge in [0.15, 0.2) is 23.1 Å². The Balaban J connectivity index is 1.16. The second-order valence-corrected chi connectivity index (χ2v) is 12.2. The lowest BCUT2D eigenvalue weighted by molar-refractivity contribution is 0.617. The summed E-state index contributed by atoms with van der Waals surface area (Å²) in [6, 6.07) is 53.0. The van der Waals surface area contributed by atoms with Gasteiger partial charge in [0.25, 0.3) is 0 Å². The van der Waals surface area contributed by atoms with Crippen LogP contribution in [0.4, 0.5) is 0 Å². The Morgan fingerprint density at radius 2 is 0.920 bits per heavy atom. The van der Waals surface area contributed by atoms with E-state index in [0.717, 1.165) is 71.6 Å². The monoisotopic (exact) mass is 642 g/mol. The van der Waals surface area contributed by atoms with Crippen molar-refractivity contribution in [3.05, 3.63) is 158 Å². The van der Waals surface area contributed by atoms with Crippen molar-refractivity contribution in [3.63, 3.8) is 0 Å². The van der Waals surface area contributed by atoms with Crippen molar-refractivity contribution in [1.29, 1.82) is 0 Å². The number of fused-ring (bicyclic) bond motifs is 5. The van der Waals surface area contributed by atoms with Gasteiger partial charge in [0.2, 0.25) is 5.89 Å². The van der Waals surface area contributed by atoms with Gasteiger partial charge in [-0.1, -0.05) is 121 Å². The average molecular weight is 643 g/mol. The molecular formula is C44H26N4O2. The number of rotatable bonds is 5. The molecule has 0 fully saturated rings. The fourth-order valence-corrected chi connectivity index (χ4v) is 6.83. The molecule has 10 rings (SSSR count). The summed E-state index contributed by atoms with van der Waals surface area (Å²) in [5, 5.41) is 4.15. The molecule has 6 nitrogen and oxygen atoms in total. The van der Waals surface area contributed by atoms with E-state index in [0.29, 0.717) is 28.9 Å². The normalized spacial score (nSPS) is 11.6. The van der Waals surface area contributed by atoms with Crippen LogP contribution >= 0.6 is 0 Å². The SMILES string of the molecule is c1ccc(-c2nc(-c3ccccc3)nc(-c3ccc(-c4cccc5oc6cc7oc(-c8ccccc8)nc7cc6c45)c4ccccc34)n2)cc1. The molecule has 0 unspecified atom stereocenters. The Morgan fingerprint density at radius 1 is 0.340 bits per heavy atom. The van der Waals surface area contributed by atoms with Crippen LogP contribution in [-0.4, -0.2) is 19.9 Å². The predicted octanol–water partition coefficient (Wildman–Crippen LogP) is 11.4. The van der Waals surface area contributed by atoms with Crippen LogP contribution in [0.3, 0.4) is 0 Å². The van der Waals surface area contributed by atoms with Crippen LogP contribution in [0.5, 0.6) is 0 Å². The maximum Gasteiger partial charge on any atom is 0.227 e. The van der Waals surface area contributed by atoms with Crippen molar-refractivity contribution in [2.75, 3.05) is 0 Å². The highest BCUT2D eigenvalue weighted by molar-refractivity contribution is 6.18. The van der Waals surface area contributed by atoms with Gasteiger partial charge in [0.05, 0.1) is 0 Å². The van der Waals surface area contributed by atoms with Crippen LogP contribution in [0.15, 0.2) is 167 Å². The summed E-state index contributed by atoms with van der Waals surface area (Å²) in [5.74, 6) is 2.47. The first kappa shape index (κ1) is 28.1. The molecule has 10 aromatic rings. The number of hydrogen-bond acceptors (Lipinski definition) is 6. The first-order valence-corrected chi connectivity index (χ1v) is 16.5. The second-order valence-electron chi connectivity index (χ2n) is 12.2. The lowest BCUT2D eigenvalue weighted by Crippen LogP contribution is -2.00. The van der Waals surface area contributed by atoms with Gasteiger partial charge in [0.1, 0.15) is 16.7 Å². The zero-order valence-corrected chi connectivity index (χ0v) is 26.6. The van der Waals surface area contributed by atoms with E-state index < -0.39 is 0 Å². The van der Waals surface area contributed by atoms with E-state index in [1.807, 2.05) is 109 Å². The number of benzene rings is 7. The fourth-order valence-electron chi connectivity index (χ4n) is 6.83. The number of hydrogen-bond donors (Lipinski definition) is 0. The molecule has 0 bridgehead atoms. The minimum Gasteiger partial charge on any atom is -0.456 e. The Morgan fingerprint density at radius 3 is 1.60 bits per heavy atom. The summed E-state index contributed by atoms with van der Waals surface area (Å²) >= 11 is 0. The minimum absolute atomic E-state index is 0.587. The van der Waals surface area contributed by atoms with E-state index >= 15 is 0 Å². The Bertz CT molecular complexity index is 2800. The smallest absolute Gasteiger partial charge is 0.227 e. The van der Waals surface area contributed by atoms with E-state index in [2.05, 4.69) is 48.5 Å². The summed E-state index contributed by atoms with van der Waals surface area (Å²) in [5.41, 5.74) is 8.92. The lowest BCUT2D eigenvalue weighted by atomic mass is 9.92. The maximum atomic E-state index is 6.44. The molecule has 0 aliphatic heterocycles. The second kappa shape index (κ2) is 11.4. The third-order valence-electron chi connectivity index (χ3n) is 9.18. The van der Waals surface area contributed by atoms with Gasteiger partial charge < -0.3 is 8.83 Å². The highest BCUT2D eigenvalue weighted by Crippen LogP contribution is 2.42. The standard InChI is InChI=1S/C44H26N4O2/c1-4-13-27(14-5-1)41-46-42(28-15-6-2-7-16-28)48-43(47-41)34-24-23-32(30-19-10-11-20-31(30)34)33-21-12-22-37-40(33)35-25-36-39(26-38(35)49-37)50-44(45-36)29-17-8-3-9-18-29/h1-26H. The fraction of sp³-hybridized carbons (Fsp3) is 0. The minimum atomic E-state index is 0.587. The first-order valence-electron chi connectivity index (χ1n) is 16.5. The lowest BCUT2D eigenvalue weighted by Gasteiger charge is -2.13. The van der Waals surface area contributed by atoms with Crippen molar-refractivity contribution >= 4 is 43.8 Å². The molecule has 50 heavy (non-hydrogen) atoms. The molecule has 0 N–H and O–H groups in total. The van der Waals surface area contributed by atoms with Crippen molar-refractivity contribution in [2.45, 2.75) is 0 Å². The third kappa shape index (κ3) is 4.65. The molecule has 0 saturated heterocycles. The molecular weight excluding hydrogens is 617 g/mol. The van der Waals surface area contributed by atoms with Crippen LogP contribution in [0.1, 0.15) is 0 Å². The number of aromatic nitrogens is 4. The van der Waals surface area contributed by atoms with Crippen LogP contribution < -0.4 is 0 Å². The largest absolute Gasteiger partial charge is 0.456 e. The maximum absolute atomic E-state index is 6.44. The van der Waals surface area contributed by atoms with Gasteiger partial charge in [-0.05, 0) is 52.2 Å². The summed E-state index contributed by atoms with van der Waals surface area (Å²) in [7, 11) is 0. The van der Waals surface area contributed by atoms with Crippen molar-refractivity contribution in [2.24, 2.45) is 0 Å². The zero-order chi connectivity index (χ0) is 33.0. The Hall–Kier alpha value is -6.92. The van der Waals surface area contributed by atoms with Crippen LogP contribution in [0.2, 0.25) is 0 Å². The molecule has 3 heterocycles. The number of oxazole rings is 1. The summed E-state index contributed by atoms with van der Waals surface area (Å²) < 4.78 is 12.6. The van der Waals surface area contributed by atoms with Gasteiger partial charge in [-0.15, -0.1) is 0 Å². The highest BCUT2D eigenvalue weighted by Gasteiger charge is 2.20. The molecule has 6 heteroatoms. The van der Waals surface area contributed by atoms with Crippen molar-refractivity contribution < 1.29 is 8.83 Å². The quantitative estimate of drug-likeness (QED) is 0.186. The van der Waals surface area contributed by atoms with Crippen LogP contribution in [0.25, 0.3) is 101 Å². The van der Waals surface area contributed by atoms with Gasteiger partial charge in [-0.3, -0.25) is 0 Å². The summed E-state index contributed by atoms with van der Waals surface area (Å²) in [6.45, 7) is 0. The molecule has 7 aromatic carbocycles. The van der Waals surface area contributed by atoms with Crippen LogP contribution in [0, 0.1) is 0 Å². The van der Waals surface area contributed by atoms with Gasteiger partial charge in [0, 0.05) is 39.1 Å². The molecule has 0 spiro atoms. The van der Waals surface area contributed by atoms with Gasteiger partial charge >= 0.3 is 0 Å². The predicted molar refractivity (Wildman–Crippen MR) is 199 cm³/mol. The van der Waals surface area contributed by atoms with Crippen molar-refractivity contribution in [3.8, 4) is 56.7 Å². The van der Waals surface area contributed by atoms with E-state index in [4.69, 9.17) is 28.8 Å². The first-order chi connectivity index (χ1) is 24.8. The molecule has 234 valence electrons. The topological polar surface area (TPSA) is 77.8 Å². The molecule has 0 aliphatic carbocycles. The zero-order valence-electron chi connectivity index (χ0n) is 26.6. The number of furan rings is 1. The molecule has 0 amide bonds. The van der Waals surface area contributed by atoms with E-state index in [1.165, 1.54) is 0 Å².